The van der Waals surface area contributed by atoms with Gasteiger partial charge in [0, 0.05) is 12.7 Å². The maximum Gasteiger partial charge on any atom is 0.407 e. The Bertz CT molecular complexity index is 1680. The molecular formula is C47H66N2O3. The lowest BCUT2D eigenvalue weighted by molar-refractivity contribution is 0.0407. The predicted octanol–water partition coefficient (Wildman–Crippen LogP) is 12.6. The minimum absolute atomic E-state index is 0.0386. The number of hydrogen-bond acceptors (Lipinski definition) is 4. The lowest BCUT2D eigenvalue weighted by atomic mass is 9.71. The Kier molecular flexibility index (Phi) is 15.7. The summed E-state index contributed by atoms with van der Waals surface area (Å²) in [4.78, 5) is 16.5. The van der Waals surface area contributed by atoms with Crippen LogP contribution in [0.4, 0.5) is 4.79 Å². The Labute approximate surface area is 316 Å². The number of pyridine rings is 1. The first kappa shape index (κ1) is 42.5. The summed E-state index contributed by atoms with van der Waals surface area (Å²) in [5.41, 5.74) is 11.0. The van der Waals surface area contributed by atoms with Crippen molar-refractivity contribution in [3.8, 4) is 0 Å². The molecule has 0 saturated heterocycles. The van der Waals surface area contributed by atoms with E-state index in [1.807, 2.05) is 33.0 Å². The Morgan fingerprint density at radius 3 is 2.23 bits per heavy atom. The fourth-order valence-corrected chi connectivity index (χ4v) is 6.93. The van der Waals surface area contributed by atoms with Gasteiger partial charge in [0.25, 0.3) is 0 Å². The number of hydrogen-bond donors (Lipinski definition) is 1. The molecule has 1 atom stereocenters. The maximum absolute atomic E-state index is 12.0. The number of aromatic nitrogens is 1. The van der Waals surface area contributed by atoms with Crippen LogP contribution in [0.15, 0.2) is 112 Å². The zero-order valence-electron chi connectivity index (χ0n) is 34.3. The van der Waals surface area contributed by atoms with Gasteiger partial charge in [-0.15, -0.1) is 0 Å². The molecular weight excluding hydrogens is 641 g/mol. The van der Waals surface area contributed by atoms with Gasteiger partial charge in [-0.25, -0.2) is 4.79 Å². The van der Waals surface area contributed by atoms with Crippen LogP contribution < -0.4 is 5.32 Å². The molecule has 1 aromatic heterocycles. The molecule has 0 aliphatic heterocycles. The molecule has 5 heteroatoms. The Hall–Kier alpha value is -3.96. The van der Waals surface area contributed by atoms with Crippen LogP contribution in [0.5, 0.6) is 0 Å². The lowest BCUT2D eigenvalue weighted by Crippen LogP contribution is -2.35. The zero-order valence-corrected chi connectivity index (χ0v) is 34.3. The standard InChI is InChI=1S/C47H66N2O3/c1-34(22-24-42-38(5)43(25-28-47(42,11)12)51-31-30-49-44(50)52-45(6,7)8)16-13-18-36(3)32-40-33-39(26-29-48-40)20-14-17-35(2)21-23-41-37(4)19-15-27-46(41,9)10/h13-14,16-18,20-24,26,29,32-33,43H,15,19,25,27-28,30-31H2,1-12H3,(H,49,50)/b18-13+,20-14+,23-21+,24-22+,34-16+,35-17+,36-32+. The molecule has 0 fully saturated rings. The van der Waals surface area contributed by atoms with Crippen molar-refractivity contribution in [1.82, 2.24) is 10.3 Å². The Balaban J connectivity index is 1.58. The molecule has 0 aromatic carbocycles. The van der Waals surface area contributed by atoms with Crippen molar-refractivity contribution >= 4 is 18.2 Å². The van der Waals surface area contributed by atoms with E-state index in [2.05, 4.69) is 146 Å². The second-order valence-corrected chi connectivity index (χ2v) is 16.8. The molecule has 2 aliphatic carbocycles. The summed E-state index contributed by atoms with van der Waals surface area (Å²) >= 11 is 0. The van der Waals surface area contributed by atoms with Crippen molar-refractivity contribution in [1.29, 1.82) is 0 Å². The highest BCUT2D eigenvalue weighted by Crippen LogP contribution is 2.42. The van der Waals surface area contributed by atoms with Gasteiger partial charge in [-0.1, -0.05) is 105 Å². The molecule has 1 aromatic rings. The fourth-order valence-electron chi connectivity index (χ4n) is 6.93. The van der Waals surface area contributed by atoms with Crippen LogP contribution >= 0.6 is 0 Å². The van der Waals surface area contributed by atoms with Crippen LogP contribution in [0.1, 0.15) is 126 Å². The molecule has 3 rings (SSSR count). The third-order valence-electron chi connectivity index (χ3n) is 9.87. The average Bonchev–Trinajstić information content (AvgIpc) is 3.02. The Morgan fingerprint density at radius 1 is 0.904 bits per heavy atom. The number of allylic oxidation sites excluding steroid dienone is 15. The number of nitrogens with zero attached hydrogens (tertiary/aromatic N) is 1. The van der Waals surface area contributed by atoms with E-state index < -0.39 is 11.7 Å². The summed E-state index contributed by atoms with van der Waals surface area (Å²) in [5, 5.41) is 2.78. The molecule has 2 aliphatic rings. The van der Waals surface area contributed by atoms with Crippen molar-refractivity contribution in [2.45, 2.75) is 127 Å². The molecule has 1 amide bonds. The number of nitrogens with one attached hydrogen (secondary N) is 1. The lowest BCUT2D eigenvalue weighted by Gasteiger charge is -2.37. The summed E-state index contributed by atoms with van der Waals surface area (Å²) in [6.45, 7) is 26.6. The third kappa shape index (κ3) is 14.2. The highest BCUT2D eigenvalue weighted by molar-refractivity contribution is 5.67. The van der Waals surface area contributed by atoms with Crippen molar-refractivity contribution in [2.75, 3.05) is 13.2 Å². The Morgan fingerprint density at radius 2 is 1.56 bits per heavy atom. The summed E-state index contributed by atoms with van der Waals surface area (Å²) in [6, 6.07) is 4.16. The number of carbonyl (C=O) groups excluding carboxylic acids is 1. The van der Waals surface area contributed by atoms with Gasteiger partial charge in [-0.3, -0.25) is 4.98 Å². The molecule has 1 N–H and O–H groups in total. The molecule has 0 radical (unpaired) electrons. The van der Waals surface area contributed by atoms with Gasteiger partial charge >= 0.3 is 6.09 Å². The second kappa shape index (κ2) is 19.2. The van der Waals surface area contributed by atoms with Crippen LogP contribution in [0.3, 0.4) is 0 Å². The monoisotopic (exact) mass is 707 g/mol. The summed E-state index contributed by atoms with van der Waals surface area (Å²) in [6.07, 6.45) is 31.2. The third-order valence-corrected chi connectivity index (χ3v) is 9.87. The van der Waals surface area contributed by atoms with Gasteiger partial charge in [0.1, 0.15) is 5.60 Å². The summed E-state index contributed by atoms with van der Waals surface area (Å²) in [5.74, 6) is 0. The van der Waals surface area contributed by atoms with Gasteiger partial charge in [0.2, 0.25) is 0 Å². The second-order valence-electron chi connectivity index (χ2n) is 16.8. The minimum Gasteiger partial charge on any atom is -0.444 e. The van der Waals surface area contributed by atoms with Gasteiger partial charge in [-0.05, 0) is 144 Å². The minimum atomic E-state index is -0.514. The van der Waals surface area contributed by atoms with Crippen molar-refractivity contribution in [3.05, 3.63) is 123 Å². The number of rotatable bonds is 13. The maximum atomic E-state index is 12.0. The first-order valence-corrected chi connectivity index (χ1v) is 19.1. The van der Waals surface area contributed by atoms with E-state index in [1.54, 1.807) is 0 Å². The average molecular weight is 707 g/mol. The van der Waals surface area contributed by atoms with E-state index >= 15 is 0 Å². The largest absolute Gasteiger partial charge is 0.444 e. The first-order chi connectivity index (χ1) is 24.4. The molecule has 52 heavy (non-hydrogen) atoms. The van der Waals surface area contributed by atoms with Crippen LogP contribution in [0.2, 0.25) is 0 Å². The van der Waals surface area contributed by atoms with Crippen LogP contribution in [0, 0.1) is 10.8 Å². The van der Waals surface area contributed by atoms with E-state index in [0.717, 1.165) is 29.7 Å². The van der Waals surface area contributed by atoms with Crippen molar-refractivity contribution in [2.24, 2.45) is 10.8 Å². The van der Waals surface area contributed by atoms with Gasteiger partial charge in [-0.2, -0.15) is 0 Å². The molecule has 5 nitrogen and oxygen atoms in total. The van der Waals surface area contributed by atoms with Gasteiger partial charge < -0.3 is 14.8 Å². The first-order valence-electron chi connectivity index (χ1n) is 19.1. The van der Waals surface area contributed by atoms with E-state index in [-0.39, 0.29) is 16.9 Å². The smallest absolute Gasteiger partial charge is 0.407 e. The molecule has 0 bridgehead atoms. The van der Waals surface area contributed by atoms with Crippen molar-refractivity contribution in [3.63, 3.8) is 0 Å². The molecule has 282 valence electrons. The van der Waals surface area contributed by atoms with Crippen molar-refractivity contribution < 1.29 is 14.3 Å². The summed E-state index contributed by atoms with van der Waals surface area (Å²) in [7, 11) is 0. The number of carbonyl (C=O) groups is 1. The van der Waals surface area contributed by atoms with E-state index in [1.165, 1.54) is 52.7 Å². The van der Waals surface area contributed by atoms with Crippen LogP contribution in [-0.2, 0) is 9.47 Å². The van der Waals surface area contributed by atoms with E-state index in [0.29, 0.717) is 13.2 Å². The number of ether oxygens (including phenoxy) is 2. The highest BCUT2D eigenvalue weighted by atomic mass is 16.6. The zero-order chi connectivity index (χ0) is 38.5. The summed E-state index contributed by atoms with van der Waals surface area (Å²) < 4.78 is 11.5. The quantitative estimate of drug-likeness (QED) is 0.164. The SMILES string of the molecule is CC1=C(/C=C/C(C)=C/C=C/c2ccnc(/C=C(C)/C=C/C=C(C)/C=C/C3=C(C)C(OCCNC(=O)OC(C)(C)C)CCC3(C)C)c2)C(C)(C)CCC1. The normalized spacial score (nSPS) is 20.6. The predicted molar refractivity (Wildman–Crippen MR) is 222 cm³/mol. The molecule has 0 spiro atoms. The van der Waals surface area contributed by atoms with E-state index in [9.17, 15) is 4.79 Å². The fraction of sp³-hybridized carbons (Fsp3) is 0.489. The molecule has 1 unspecified atom stereocenters. The van der Waals surface area contributed by atoms with Gasteiger partial charge in [0.15, 0.2) is 0 Å². The molecule has 0 saturated carbocycles. The van der Waals surface area contributed by atoms with Gasteiger partial charge in [0.05, 0.1) is 18.4 Å². The molecule has 1 heterocycles. The van der Waals surface area contributed by atoms with E-state index in [4.69, 9.17) is 9.47 Å². The van der Waals surface area contributed by atoms with Crippen LogP contribution in [-0.4, -0.2) is 35.9 Å². The number of amides is 1. The topological polar surface area (TPSA) is 60.5 Å². The highest BCUT2D eigenvalue weighted by Gasteiger charge is 2.32. The number of alkyl carbamates (subject to hydrolysis) is 1. The van der Waals surface area contributed by atoms with Crippen LogP contribution in [0.25, 0.3) is 12.2 Å².